The van der Waals surface area contributed by atoms with E-state index in [1.54, 1.807) is 6.08 Å². The SMILES string of the molecule is C=CCNC(=O)CN1CCN(C(=O)C(N)CC2CCCCC2)CC1.Cl. The summed E-state index contributed by atoms with van der Waals surface area (Å²) in [6, 6.07) is -0.365. The van der Waals surface area contributed by atoms with Gasteiger partial charge in [-0.05, 0) is 12.3 Å². The fourth-order valence-electron chi connectivity index (χ4n) is 3.69. The summed E-state index contributed by atoms with van der Waals surface area (Å²) in [6.45, 7) is 7.22. The highest BCUT2D eigenvalue weighted by molar-refractivity contribution is 5.85. The third-order valence-electron chi connectivity index (χ3n) is 5.12. The summed E-state index contributed by atoms with van der Waals surface area (Å²) in [4.78, 5) is 28.2. The normalized spacial score (nSPS) is 20.4. The quantitative estimate of drug-likeness (QED) is 0.657. The third-order valence-corrected chi connectivity index (χ3v) is 5.12. The van der Waals surface area contributed by atoms with Crippen molar-refractivity contribution in [3.63, 3.8) is 0 Å². The molecule has 1 atom stereocenters. The molecule has 1 saturated carbocycles. The van der Waals surface area contributed by atoms with Gasteiger partial charge in [-0.1, -0.05) is 38.2 Å². The van der Waals surface area contributed by atoms with Gasteiger partial charge >= 0.3 is 0 Å². The molecule has 7 heteroatoms. The molecule has 0 aromatic carbocycles. The fraction of sp³-hybridized carbons (Fsp3) is 0.778. The van der Waals surface area contributed by atoms with Crippen LogP contribution in [0.2, 0.25) is 0 Å². The minimum Gasteiger partial charge on any atom is -0.352 e. The Hall–Kier alpha value is -1.11. The lowest BCUT2D eigenvalue weighted by atomic mass is 9.84. The van der Waals surface area contributed by atoms with Gasteiger partial charge in [0.05, 0.1) is 12.6 Å². The molecule has 2 rings (SSSR count). The number of hydrogen-bond donors (Lipinski definition) is 2. The van der Waals surface area contributed by atoms with Crippen molar-refractivity contribution in [1.82, 2.24) is 15.1 Å². The highest BCUT2D eigenvalue weighted by atomic mass is 35.5. The van der Waals surface area contributed by atoms with Gasteiger partial charge in [-0.25, -0.2) is 0 Å². The monoisotopic (exact) mass is 372 g/mol. The second-order valence-electron chi connectivity index (χ2n) is 7.04. The number of rotatable bonds is 7. The van der Waals surface area contributed by atoms with E-state index < -0.39 is 0 Å². The summed E-state index contributed by atoms with van der Waals surface area (Å²) in [5, 5.41) is 2.78. The van der Waals surface area contributed by atoms with Gasteiger partial charge in [0.2, 0.25) is 11.8 Å². The minimum atomic E-state index is -0.365. The highest BCUT2D eigenvalue weighted by Crippen LogP contribution is 2.27. The molecule has 3 N–H and O–H groups in total. The average Bonchev–Trinajstić information content (AvgIpc) is 2.61. The first kappa shape index (κ1) is 21.9. The third kappa shape index (κ3) is 7.34. The van der Waals surface area contributed by atoms with Crippen molar-refractivity contribution in [2.24, 2.45) is 11.7 Å². The van der Waals surface area contributed by atoms with Gasteiger partial charge in [0.25, 0.3) is 0 Å². The lowest BCUT2D eigenvalue weighted by molar-refractivity contribution is -0.135. The van der Waals surface area contributed by atoms with Crippen molar-refractivity contribution >= 4 is 24.2 Å². The molecule has 6 nitrogen and oxygen atoms in total. The maximum absolute atomic E-state index is 12.5. The molecular formula is C18H33ClN4O2. The van der Waals surface area contributed by atoms with Crippen molar-refractivity contribution in [2.75, 3.05) is 39.3 Å². The van der Waals surface area contributed by atoms with Crippen LogP contribution in [-0.2, 0) is 9.59 Å². The predicted octanol–water partition coefficient (Wildman–Crippen LogP) is 1.15. The Morgan fingerprint density at radius 2 is 1.80 bits per heavy atom. The van der Waals surface area contributed by atoms with Crippen LogP contribution in [0.25, 0.3) is 0 Å². The molecule has 1 heterocycles. The Morgan fingerprint density at radius 3 is 2.40 bits per heavy atom. The van der Waals surface area contributed by atoms with Gasteiger partial charge in [-0.3, -0.25) is 14.5 Å². The molecule has 1 aliphatic heterocycles. The number of nitrogens with one attached hydrogen (secondary N) is 1. The molecule has 0 spiro atoms. The first-order valence-electron chi connectivity index (χ1n) is 9.24. The molecular weight excluding hydrogens is 340 g/mol. The van der Waals surface area contributed by atoms with Crippen LogP contribution in [-0.4, -0.2) is 66.9 Å². The molecule has 2 aliphatic rings. The number of hydrogen-bond acceptors (Lipinski definition) is 4. The number of piperazine rings is 1. The number of carbonyl (C=O) groups excluding carboxylic acids is 2. The molecule has 0 bridgehead atoms. The standard InChI is InChI=1S/C18H32N4O2.ClH/c1-2-8-20-17(23)14-21-9-11-22(12-10-21)18(24)16(19)13-15-6-4-3-5-7-15;/h2,15-16H,1,3-14,19H2,(H,20,23);1H. The predicted molar refractivity (Wildman–Crippen MR) is 103 cm³/mol. The smallest absolute Gasteiger partial charge is 0.239 e. The van der Waals surface area contributed by atoms with E-state index in [1.807, 2.05) is 4.90 Å². The van der Waals surface area contributed by atoms with Crippen LogP contribution in [0.1, 0.15) is 38.5 Å². The molecule has 1 saturated heterocycles. The second kappa shape index (κ2) is 11.5. The van der Waals surface area contributed by atoms with E-state index in [9.17, 15) is 9.59 Å². The molecule has 0 aromatic heterocycles. The molecule has 2 fully saturated rings. The van der Waals surface area contributed by atoms with Gasteiger partial charge < -0.3 is 16.0 Å². The number of halogens is 1. The average molecular weight is 373 g/mol. The van der Waals surface area contributed by atoms with E-state index in [4.69, 9.17) is 5.73 Å². The second-order valence-corrected chi connectivity index (χ2v) is 7.04. The van der Waals surface area contributed by atoms with Crippen molar-refractivity contribution in [2.45, 2.75) is 44.6 Å². The lowest BCUT2D eigenvalue weighted by Crippen LogP contribution is -2.54. The van der Waals surface area contributed by atoms with Gasteiger partial charge in [0.1, 0.15) is 0 Å². The summed E-state index contributed by atoms with van der Waals surface area (Å²) in [7, 11) is 0. The Balaban J connectivity index is 0.00000312. The van der Waals surface area contributed by atoms with Crippen LogP contribution in [0, 0.1) is 5.92 Å². The van der Waals surface area contributed by atoms with E-state index >= 15 is 0 Å². The van der Waals surface area contributed by atoms with Gasteiger partial charge in [0, 0.05) is 32.7 Å². The zero-order valence-corrected chi connectivity index (χ0v) is 15.9. The molecule has 0 radical (unpaired) electrons. The minimum absolute atomic E-state index is 0. The number of carbonyl (C=O) groups is 2. The molecule has 2 amide bonds. The largest absolute Gasteiger partial charge is 0.352 e. The Kier molecular flexibility index (Phi) is 10.1. The summed E-state index contributed by atoms with van der Waals surface area (Å²) < 4.78 is 0. The Morgan fingerprint density at radius 1 is 1.16 bits per heavy atom. The summed E-state index contributed by atoms with van der Waals surface area (Å²) in [5.41, 5.74) is 6.17. The van der Waals surface area contributed by atoms with Crippen molar-refractivity contribution < 1.29 is 9.59 Å². The van der Waals surface area contributed by atoms with Crippen molar-refractivity contribution in [3.05, 3.63) is 12.7 Å². The Labute approximate surface area is 157 Å². The molecule has 0 aromatic rings. The van der Waals surface area contributed by atoms with Crippen LogP contribution in [0.5, 0.6) is 0 Å². The van der Waals surface area contributed by atoms with Gasteiger partial charge in [0.15, 0.2) is 0 Å². The van der Waals surface area contributed by atoms with Crippen LogP contribution >= 0.6 is 12.4 Å². The van der Waals surface area contributed by atoms with E-state index in [1.165, 1.54) is 32.1 Å². The van der Waals surface area contributed by atoms with Crippen molar-refractivity contribution in [1.29, 1.82) is 0 Å². The highest BCUT2D eigenvalue weighted by Gasteiger charge is 2.28. The summed E-state index contributed by atoms with van der Waals surface area (Å²) >= 11 is 0. The van der Waals surface area contributed by atoms with E-state index in [-0.39, 0.29) is 30.3 Å². The first-order valence-corrected chi connectivity index (χ1v) is 9.24. The number of nitrogens with two attached hydrogens (primary N) is 1. The van der Waals surface area contributed by atoms with Crippen molar-refractivity contribution in [3.8, 4) is 0 Å². The maximum Gasteiger partial charge on any atom is 0.239 e. The zero-order chi connectivity index (χ0) is 17.4. The maximum atomic E-state index is 12.5. The molecule has 1 aliphatic carbocycles. The van der Waals surface area contributed by atoms with E-state index in [2.05, 4.69) is 16.8 Å². The summed E-state index contributed by atoms with van der Waals surface area (Å²) in [6.07, 6.45) is 8.80. The van der Waals surface area contributed by atoms with Gasteiger partial charge in [-0.15, -0.1) is 19.0 Å². The lowest BCUT2D eigenvalue weighted by Gasteiger charge is -2.36. The van der Waals surface area contributed by atoms with Gasteiger partial charge in [-0.2, -0.15) is 0 Å². The summed E-state index contributed by atoms with van der Waals surface area (Å²) in [5.74, 6) is 0.701. The first-order chi connectivity index (χ1) is 11.6. The molecule has 25 heavy (non-hydrogen) atoms. The van der Waals surface area contributed by atoms with Crippen LogP contribution in [0.3, 0.4) is 0 Å². The zero-order valence-electron chi connectivity index (χ0n) is 15.1. The number of nitrogens with zero attached hydrogens (tertiary/aromatic N) is 2. The fourth-order valence-corrected chi connectivity index (χ4v) is 3.69. The number of amides is 2. The van der Waals surface area contributed by atoms with E-state index in [0.29, 0.717) is 32.1 Å². The van der Waals surface area contributed by atoms with E-state index in [0.717, 1.165) is 19.5 Å². The molecule has 1 unspecified atom stereocenters. The van der Waals surface area contributed by atoms with Crippen LogP contribution in [0.15, 0.2) is 12.7 Å². The van der Waals surface area contributed by atoms with Crippen LogP contribution < -0.4 is 11.1 Å². The Bertz CT molecular complexity index is 433. The molecule has 144 valence electrons. The van der Waals surface area contributed by atoms with Crippen LogP contribution in [0.4, 0.5) is 0 Å². The topological polar surface area (TPSA) is 78.7 Å².